The Kier molecular flexibility index (Phi) is 4.22. The van der Waals surface area contributed by atoms with Crippen molar-refractivity contribution in [3.8, 4) is 0 Å². The molecule has 22 heavy (non-hydrogen) atoms. The van der Waals surface area contributed by atoms with Crippen molar-refractivity contribution in [3.05, 3.63) is 69.5 Å². The molecule has 6 heteroatoms. The van der Waals surface area contributed by atoms with Gasteiger partial charge in [0.05, 0.1) is 5.56 Å². The number of hydrogen-bond acceptors (Lipinski definition) is 0. The van der Waals surface area contributed by atoms with E-state index >= 15 is 0 Å². The van der Waals surface area contributed by atoms with Crippen molar-refractivity contribution in [2.45, 2.75) is 26.4 Å². The molecule has 2 aromatic carbocycles. The van der Waals surface area contributed by atoms with Crippen molar-refractivity contribution in [3.63, 3.8) is 0 Å². The summed E-state index contributed by atoms with van der Waals surface area (Å²) >= 11 is 0. The Morgan fingerprint density at radius 1 is 0.909 bits per heavy atom. The molecule has 0 aliphatic rings. The molecule has 0 saturated carbocycles. The van der Waals surface area contributed by atoms with Crippen molar-refractivity contribution >= 4 is 0 Å². The van der Waals surface area contributed by atoms with E-state index in [-0.39, 0.29) is 11.1 Å². The van der Waals surface area contributed by atoms with Gasteiger partial charge >= 0.3 is 6.18 Å². The maximum absolute atomic E-state index is 13.6. The lowest BCUT2D eigenvalue weighted by Crippen LogP contribution is -2.14. The molecule has 0 unspecified atom stereocenters. The van der Waals surface area contributed by atoms with Crippen LogP contribution in [0.4, 0.5) is 26.3 Å². The van der Waals surface area contributed by atoms with Crippen molar-refractivity contribution < 1.29 is 26.3 Å². The van der Waals surface area contributed by atoms with E-state index in [4.69, 9.17) is 0 Å². The summed E-state index contributed by atoms with van der Waals surface area (Å²) in [5.41, 5.74) is -1.31. The molecule has 0 radical (unpaired) electrons. The number of benzene rings is 2. The fourth-order valence-electron chi connectivity index (χ4n) is 2.35. The van der Waals surface area contributed by atoms with E-state index in [2.05, 4.69) is 0 Å². The third kappa shape index (κ3) is 3.10. The summed E-state index contributed by atoms with van der Waals surface area (Å²) in [4.78, 5) is 0. The predicted molar refractivity (Wildman–Crippen MR) is 70.0 cm³/mol. The average Bonchev–Trinajstić information content (AvgIpc) is 2.36. The molecule has 0 fully saturated rings. The number of alkyl halides is 3. The van der Waals surface area contributed by atoms with E-state index in [9.17, 15) is 26.3 Å². The normalized spacial score (nSPS) is 11.8. The molecule has 2 rings (SSSR count). The van der Waals surface area contributed by atoms with E-state index in [1.165, 1.54) is 26.0 Å². The highest BCUT2D eigenvalue weighted by molar-refractivity contribution is 5.44. The van der Waals surface area contributed by atoms with Crippen LogP contribution in [0.5, 0.6) is 0 Å². The molecule has 0 amide bonds. The number of aryl methyl sites for hydroxylation is 1. The van der Waals surface area contributed by atoms with Crippen LogP contribution in [0.25, 0.3) is 0 Å². The number of rotatable bonds is 2. The summed E-state index contributed by atoms with van der Waals surface area (Å²) in [6.45, 7) is 2.83. The van der Waals surface area contributed by atoms with Crippen molar-refractivity contribution in [2.75, 3.05) is 0 Å². The smallest absolute Gasteiger partial charge is 0.207 e. The third-order valence-corrected chi connectivity index (χ3v) is 3.58. The first kappa shape index (κ1) is 16.4. The Morgan fingerprint density at radius 3 is 1.95 bits per heavy atom. The van der Waals surface area contributed by atoms with Gasteiger partial charge in [-0.25, -0.2) is 13.2 Å². The molecule has 0 atom stereocenters. The van der Waals surface area contributed by atoms with Crippen LogP contribution in [-0.4, -0.2) is 0 Å². The van der Waals surface area contributed by atoms with Crippen LogP contribution in [0.1, 0.15) is 27.8 Å². The molecule has 2 aromatic rings. The van der Waals surface area contributed by atoms with Gasteiger partial charge in [0.25, 0.3) is 0 Å². The molecule has 0 heterocycles. The van der Waals surface area contributed by atoms with E-state index in [1.807, 2.05) is 0 Å². The summed E-state index contributed by atoms with van der Waals surface area (Å²) in [6, 6.07) is 3.55. The van der Waals surface area contributed by atoms with E-state index in [1.54, 1.807) is 0 Å². The first-order valence-corrected chi connectivity index (χ1v) is 6.41. The molecule has 0 aliphatic carbocycles. The minimum Gasteiger partial charge on any atom is -0.207 e. The largest absolute Gasteiger partial charge is 0.416 e. The van der Waals surface area contributed by atoms with Crippen LogP contribution in [-0.2, 0) is 12.6 Å². The topological polar surface area (TPSA) is 0 Å². The molecule has 0 bridgehead atoms. The second-order valence-electron chi connectivity index (χ2n) is 5.06. The molecular weight excluding hydrogens is 306 g/mol. The highest BCUT2D eigenvalue weighted by Crippen LogP contribution is 2.37. The minimum absolute atomic E-state index is 0.00734. The fourth-order valence-corrected chi connectivity index (χ4v) is 2.35. The quantitative estimate of drug-likeness (QED) is 0.657. The Morgan fingerprint density at radius 2 is 1.45 bits per heavy atom. The lowest BCUT2D eigenvalue weighted by atomic mass is 9.92. The van der Waals surface area contributed by atoms with Gasteiger partial charge < -0.3 is 0 Å². The van der Waals surface area contributed by atoms with Gasteiger partial charge in [-0.2, -0.15) is 13.2 Å². The molecule has 0 saturated heterocycles. The van der Waals surface area contributed by atoms with Gasteiger partial charge in [-0.05, 0) is 30.5 Å². The lowest BCUT2D eigenvalue weighted by Gasteiger charge is -2.18. The van der Waals surface area contributed by atoms with Crippen LogP contribution in [0.3, 0.4) is 0 Å². The van der Waals surface area contributed by atoms with E-state index < -0.39 is 41.2 Å². The Hall–Kier alpha value is -1.98. The van der Waals surface area contributed by atoms with Gasteiger partial charge in [0.15, 0.2) is 0 Å². The highest BCUT2D eigenvalue weighted by Gasteiger charge is 2.35. The molecule has 118 valence electrons. The Labute approximate surface area is 123 Å². The average molecular weight is 318 g/mol. The molecule has 0 aliphatic heterocycles. The zero-order chi connectivity index (χ0) is 16.7. The molecule has 0 nitrogen and oxygen atoms in total. The second-order valence-corrected chi connectivity index (χ2v) is 5.06. The first-order chi connectivity index (χ1) is 10.1. The Balaban J connectivity index is 2.58. The van der Waals surface area contributed by atoms with Gasteiger partial charge in [-0.15, -0.1) is 0 Å². The molecular formula is C16H12F6. The van der Waals surface area contributed by atoms with Gasteiger partial charge in [0.1, 0.15) is 17.5 Å². The number of halogens is 6. The monoisotopic (exact) mass is 318 g/mol. The van der Waals surface area contributed by atoms with Crippen LogP contribution in [0, 0.1) is 31.3 Å². The van der Waals surface area contributed by atoms with Crippen LogP contribution >= 0.6 is 0 Å². The zero-order valence-electron chi connectivity index (χ0n) is 11.8. The van der Waals surface area contributed by atoms with Gasteiger partial charge in [0.2, 0.25) is 0 Å². The van der Waals surface area contributed by atoms with Crippen LogP contribution < -0.4 is 0 Å². The van der Waals surface area contributed by atoms with Crippen molar-refractivity contribution in [1.82, 2.24) is 0 Å². The molecule has 0 aromatic heterocycles. The summed E-state index contributed by atoms with van der Waals surface area (Å²) in [7, 11) is 0. The van der Waals surface area contributed by atoms with Crippen LogP contribution in [0.15, 0.2) is 24.3 Å². The summed E-state index contributed by atoms with van der Waals surface area (Å²) in [5, 5.41) is 0. The third-order valence-electron chi connectivity index (χ3n) is 3.58. The zero-order valence-corrected chi connectivity index (χ0v) is 11.8. The first-order valence-electron chi connectivity index (χ1n) is 6.41. The summed E-state index contributed by atoms with van der Waals surface area (Å²) in [5.74, 6) is -3.53. The minimum atomic E-state index is -4.64. The van der Waals surface area contributed by atoms with Gasteiger partial charge in [-0.3, -0.25) is 0 Å². The maximum atomic E-state index is 13.6. The van der Waals surface area contributed by atoms with Crippen LogP contribution in [0.2, 0.25) is 0 Å². The highest BCUT2D eigenvalue weighted by atomic mass is 19.4. The van der Waals surface area contributed by atoms with E-state index in [0.717, 1.165) is 0 Å². The van der Waals surface area contributed by atoms with Crippen molar-refractivity contribution in [1.29, 1.82) is 0 Å². The van der Waals surface area contributed by atoms with Gasteiger partial charge in [-0.1, -0.05) is 12.1 Å². The fraction of sp³-hybridized carbons (Fsp3) is 0.250. The Bertz CT molecular complexity index is 692. The van der Waals surface area contributed by atoms with Crippen molar-refractivity contribution in [2.24, 2.45) is 0 Å². The summed E-state index contributed by atoms with van der Waals surface area (Å²) < 4.78 is 79.8. The summed E-state index contributed by atoms with van der Waals surface area (Å²) in [6.07, 6.45) is -5.24. The van der Waals surface area contributed by atoms with E-state index in [0.29, 0.717) is 17.7 Å². The molecule has 0 N–H and O–H groups in total. The standard InChI is InChI=1S/C16H12F6/c1-8-3-4-10(15(9(8)2)16(20,21)22)5-12-13(18)6-11(17)7-14(12)19/h3-4,6-7H,5H2,1-2H3. The second kappa shape index (κ2) is 5.66. The lowest BCUT2D eigenvalue weighted by molar-refractivity contribution is -0.138. The maximum Gasteiger partial charge on any atom is 0.416 e. The number of hydrogen-bond donors (Lipinski definition) is 0. The SMILES string of the molecule is Cc1ccc(Cc2c(F)cc(F)cc2F)c(C(F)(F)F)c1C. The van der Waals surface area contributed by atoms with Gasteiger partial charge in [0, 0.05) is 24.1 Å². The predicted octanol–water partition coefficient (Wildman–Crippen LogP) is 5.33. The molecule has 0 spiro atoms.